The van der Waals surface area contributed by atoms with Crippen LogP contribution >= 0.6 is 31.9 Å². The molecule has 0 radical (unpaired) electrons. The number of nitrogens with zero attached hydrogens (tertiary/aromatic N) is 2. The van der Waals surface area contributed by atoms with E-state index in [2.05, 4.69) is 50.8 Å². The maximum Gasteiger partial charge on any atom is 0.0738 e. The van der Waals surface area contributed by atoms with Crippen LogP contribution in [0.5, 0.6) is 0 Å². The summed E-state index contributed by atoms with van der Waals surface area (Å²) in [6, 6.07) is 0. The zero-order valence-corrected chi connectivity index (χ0v) is 12.9. The number of aryl methyl sites for hydroxylation is 2. The van der Waals surface area contributed by atoms with E-state index in [-0.39, 0.29) is 0 Å². The van der Waals surface area contributed by atoms with Gasteiger partial charge in [-0.2, -0.15) is 5.10 Å². The van der Waals surface area contributed by atoms with Gasteiger partial charge in [0.15, 0.2) is 0 Å². The van der Waals surface area contributed by atoms with Gasteiger partial charge >= 0.3 is 0 Å². The van der Waals surface area contributed by atoms with Crippen LogP contribution in [-0.4, -0.2) is 15.1 Å². The second kappa shape index (κ2) is 5.00. The third-order valence-corrected chi connectivity index (χ3v) is 5.42. The predicted octanol–water partition coefficient (Wildman–Crippen LogP) is 3.84. The average molecular weight is 338 g/mol. The molecule has 1 unspecified atom stereocenters. The van der Waals surface area contributed by atoms with Crippen molar-refractivity contribution in [1.29, 1.82) is 0 Å². The minimum atomic E-state index is 0.308. The van der Waals surface area contributed by atoms with Crippen molar-refractivity contribution in [2.24, 2.45) is 12.5 Å². The van der Waals surface area contributed by atoms with Gasteiger partial charge in [-0.25, -0.2) is 0 Å². The summed E-state index contributed by atoms with van der Waals surface area (Å²) in [6.45, 7) is 6.57. The number of alkyl halides is 1. The molecular formula is C11H18Br2N2. The average Bonchev–Trinajstić information content (AvgIpc) is 2.45. The van der Waals surface area contributed by atoms with Crippen molar-refractivity contribution in [2.45, 2.75) is 33.6 Å². The molecule has 1 aromatic rings. The highest BCUT2D eigenvalue weighted by molar-refractivity contribution is 9.10. The van der Waals surface area contributed by atoms with Crippen LogP contribution in [0.1, 0.15) is 31.7 Å². The van der Waals surface area contributed by atoms with Gasteiger partial charge in [0.2, 0.25) is 0 Å². The molecule has 0 amide bonds. The summed E-state index contributed by atoms with van der Waals surface area (Å²) >= 11 is 7.21. The van der Waals surface area contributed by atoms with Crippen LogP contribution in [0.4, 0.5) is 0 Å². The zero-order valence-electron chi connectivity index (χ0n) is 9.77. The van der Waals surface area contributed by atoms with Gasteiger partial charge in [-0.05, 0) is 41.1 Å². The lowest BCUT2D eigenvalue weighted by Crippen LogP contribution is -2.22. The van der Waals surface area contributed by atoms with Gasteiger partial charge in [0.1, 0.15) is 0 Å². The van der Waals surface area contributed by atoms with Crippen molar-refractivity contribution in [2.75, 3.05) is 5.33 Å². The summed E-state index contributed by atoms with van der Waals surface area (Å²) in [5.74, 6) is 0. The highest BCUT2D eigenvalue weighted by Gasteiger charge is 2.24. The Kier molecular flexibility index (Phi) is 4.41. The van der Waals surface area contributed by atoms with Crippen molar-refractivity contribution in [1.82, 2.24) is 9.78 Å². The van der Waals surface area contributed by atoms with E-state index in [1.807, 2.05) is 18.7 Å². The third-order valence-electron chi connectivity index (χ3n) is 3.03. The van der Waals surface area contributed by atoms with Gasteiger partial charge < -0.3 is 0 Å². The van der Waals surface area contributed by atoms with Crippen LogP contribution in [0.25, 0.3) is 0 Å². The van der Waals surface area contributed by atoms with Gasteiger partial charge in [0, 0.05) is 12.4 Å². The lowest BCUT2D eigenvalue weighted by Gasteiger charge is -2.25. The van der Waals surface area contributed by atoms with Gasteiger partial charge in [0.25, 0.3) is 0 Å². The summed E-state index contributed by atoms with van der Waals surface area (Å²) in [5, 5.41) is 5.44. The lowest BCUT2D eigenvalue weighted by molar-refractivity contribution is 0.351. The minimum absolute atomic E-state index is 0.308. The van der Waals surface area contributed by atoms with E-state index in [0.29, 0.717) is 5.41 Å². The number of rotatable bonds is 4. The molecule has 0 aliphatic rings. The Bertz CT molecular complexity index is 341. The molecule has 1 aromatic heterocycles. The Labute approximate surface area is 109 Å². The Balaban J connectivity index is 2.98. The molecule has 0 fully saturated rings. The molecule has 0 aromatic carbocycles. The smallest absolute Gasteiger partial charge is 0.0738 e. The normalized spacial score (nSPS) is 15.3. The SMILES string of the molecule is CCC(C)(CBr)Cc1c(Br)c(C)nn1C. The van der Waals surface area contributed by atoms with Gasteiger partial charge in [-0.3, -0.25) is 4.68 Å². The number of halogens is 2. The van der Waals surface area contributed by atoms with Crippen molar-refractivity contribution >= 4 is 31.9 Å². The standard InChI is InChI=1S/C11H18Br2N2/c1-5-11(3,7-12)6-9-10(13)8(2)14-15(9)4/h5-7H2,1-4H3. The maximum absolute atomic E-state index is 4.42. The molecule has 2 nitrogen and oxygen atoms in total. The quantitative estimate of drug-likeness (QED) is 0.763. The molecule has 1 atom stereocenters. The van der Waals surface area contributed by atoms with Crippen molar-refractivity contribution in [3.63, 3.8) is 0 Å². The van der Waals surface area contributed by atoms with E-state index >= 15 is 0 Å². The number of hydrogen-bond donors (Lipinski definition) is 0. The maximum atomic E-state index is 4.42. The first kappa shape index (κ1) is 13.2. The molecule has 1 heterocycles. The van der Waals surface area contributed by atoms with Gasteiger partial charge in [-0.1, -0.05) is 29.8 Å². The zero-order chi connectivity index (χ0) is 11.6. The van der Waals surface area contributed by atoms with E-state index in [9.17, 15) is 0 Å². The molecule has 86 valence electrons. The Morgan fingerprint density at radius 2 is 2.07 bits per heavy atom. The summed E-state index contributed by atoms with van der Waals surface area (Å²) < 4.78 is 3.14. The fourth-order valence-corrected chi connectivity index (χ4v) is 2.61. The third kappa shape index (κ3) is 2.84. The van der Waals surface area contributed by atoms with Crippen molar-refractivity contribution in [3.8, 4) is 0 Å². The molecule has 0 saturated heterocycles. The molecule has 0 bridgehead atoms. The van der Waals surface area contributed by atoms with E-state index in [1.165, 1.54) is 5.69 Å². The topological polar surface area (TPSA) is 17.8 Å². The van der Waals surface area contributed by atoms with Crippen molar-refractivity contribution < 1.29 is 0 Å². The van der Waals surface area contributed by atoms with Crippen LogP contribution in [0.2, 0.25) is 0 Å². The fourth-order valence-electron chi connectivity index (χ4n) is 1.54. The number of hydrogen-bond acceptors (Lipinski definition) is 1. The lowest BCUT2D eigenvalue weighted by atomic mass is 9.85. The first-order valence-corrected chi connectivity index (χ1v) is 7.09. The first-order valence-electron chi connectivity index (χ1n) is 5.17. The molecule has 0 N–H and O–H groups in total. The molecule has 4 heteroatoms. The monoisotopic (exact) mass is 336 g/mol. The summed E-state index contributed by atoms with van der Waals surface area (Å²) in [5.41, 5.74) is 2.67. The van der Waals surface area contributed by atoms with Gasteiger partial charge in [-0.15, -0.1) is 0 Å². The Morgan fingerprint density at radius 3 is 2.40 bits per heavy atom. The second-order valence-electron chi connectivity index (χ2n) is 4.44. The summed E-state index contributed by atoms with van der Waals surface area (Å²) in [6.07, 6.45) is 2.21. The van der Waals surface area contributed by atoms with Crippen LogP contribution in [-0.2, 0) is 13.5 Å². The molecule has 0 spiro atoms. The van der Waals surface area contributed by atoms with Crippen LogP contribution in [0, 0.1) is 12.3 Å². The predicted molar refractivity (Wildman–Crippen MR) is 71.5 cm³/mol. The molecule has 1 rings (SSSR count). The van der Waals surface area contributed by atoms with E-state index in [1.54, 1.807) is 0 Å². The van der Waals surface area contributed by atoms with Crippen LogP contribution in [0.15, 0.2) is 4.47 Å². The summed E-state index contributed by atoms with van der Waals surface area (Å²) in [4.78, 5) is 0. The minimum Gasteiger partial charge on any atom is -0.271 e. The highest BCUT2D eigenvalue weighted by atomic mass is 79.9. The second-order valence-corrected chi connectivity index (χ2v) is 5.80. The van der Waals surface area contributed by atoms with Crippen molar-refractivity contribution in [3.05, 3.63) is 15.9 Å². The van der Waals surface area contributed by atoms with Crippen LogP contribution < -0.4 is 0 Å². The molecule has 0 aliphatic heterocycles. The Morgan fingerprint density at radius 1 is 1.47 bits per heavy atom. The summed E-state index contributed by atoms with van der Waals surface area (Å²) in [7, 11) is 2.01. The molecular weight excluding hydrogens is 320 g/mol. The molecule has 15 heavy (non-hydrogen) atoms. The highest BCUT2D eigenvalue weighted by Crippen LogP contribution is 2.32. The first-order chi connectivity index (χ1) is 6.93. The van der Waals surface area contributed by atoms with E-state index < -0.39 is 0 Å². The molecule has 0 aliphatic carbocycles. The van der Waals surface area contributed by atoms with E-state index in [4.69, 9.17) is 0 Å². The van der Waals surface area contributed by atoms with E-state index in [0.717, 1.165) is 28.3 Å². The Hall–Kier alpha value is 0.170. The number of aromatic nitrogens is 2. The fraction of sp³-hybridized carbons (Fsp3) is 0.727. The largest absolute Gasteiger partial charge is 0.271 e. The van der Waals surface area contributed by atoms with Crippen LogP contribution in [0.3, 0.4) is 0 Å². The van der Waals surface area contributed by atoms with Gasteiger partial charge in [0.05, 0.1) is 15.9 Å². The molecule has 0 saturated carbocycles.